The van der Waals surface area contributed by atoms with Crippen molar-refractivity contribution >= 4 is 34.8 Å². The van der Waals surface area contributed by atoms with Gasteiger partial charge < -0.3 is 10.1 Å². The minimum atomic E-state index is -1.08. The van der Waals surface area contributed by atoms with Gasteiger partial charge in [-0.25, -0.2) is 9.69 Å². The Bertz CT molecular complexity index is 914. The van der Waals surface area contributed by atoms with E-state index in [4.69, 9.17) is 4.74 Å². The van der Waals surface area contributed by atoms with Crippen LogP contribution in [0, 0.1) is 11.8 Å². The lowest BCUT2D eigenvalue weighted by Crippen LogP contribution is -2.98. The molecule has 152 valence electrons. The number of para-hydroxylation sites is 1. The van der Waals surface area contributed by atoms with Crippen molar-refractivity contribution in [3.05, 3.63) is 52.7 Å². The van der Waals surface area contributed by atoms with Crippen LogP contribution in [0.1, 0.15) is 37.1 Å². The number of nitrogens with two attached hydrogens (primary N) is 1. The van der Waals surface area contributed by atoms with Crippen LogP contribution in [0.25, 0.3) is 0 Å². The van der Waals surface area contributed by atoms with Crippen molar-refractivity contribution in [1.29, 1.82) is 0 Å². The van der Waals surface area contributed by atoms with E-state index in [9.17, 15) is 14.4 Å². The van der Waals surface area contributed by atoms with Gasteiger partial charge in [-0.05, 0) is 30.0 Å². The Morgan fingerprint density at radius 3 is 2.55 bits per heavy atom. The number of anilines is 1. The van der Waals surface area contributed by atoms with Crippen molar-refractivity contribution in [2.45, 2.75) is 37.8 Å². The van der Waals surface area contributed by atoms with Crippen LogP contribution in [0.5, 0.6) is 0 Å². The fourth-order valence-corrected chi connectivity index (χ4v) is 5.73. The summed E-state index contributed by atoms with van der Waals surface area (Å²) in [4.78, 5) is 42.4. The smallest absolute Gasteiger partial charge is 0.368 e. The average molecular weight is 414 g/mol. The third kappa shape index (κ3) is 3.00. The molecule has 7 heteroatoms. The van der Waals surface area contributed by atoms with Gasteiger partial charge in [0.2, 0.25) is 17.4 Å². The highest BCUT2D eigenvalue weighted by Gasteiger charge is 2.72. The Balaban J connectivity index is 1.84. The predicted molar refractivity (Wildman–Crippen MR) is 109 cm³/mol. The largest absolute Gasteiger partial charge is 0.464 e. The zero-order valence-electron chi connectivity index (χ0n) is 16.5. The highest BCUT2D eigenvalue weighted by atomic mass is 32.1. The highest BCUT2D eigenvalue weighted by molar-refractivity contribution is 7.10. The van der Waals surface area contributed by atoms with Crippen molar-refractivity contribution in [1.82, 2.24) is 0 Å². The van der Waals surface area contributed by atoms with Gasteiger partial charge in [0.05, 0.1) is 17.7 Å². The quantitative estimate of drug-likeness (QED) is 0.582. The number of esters is 1. The molecule has 2 aliphatic heterocycles. The second kappa shape index (κ2) is 7.72. The minimum Gasteiger partial charge on any atom is -0.464 e. The van der Waals surface area contributed by atoms with E-state index in [2.05, 4.69) is 0 Å². The standard InChI is InChI=1S/C22H24N2O4S/c1-3-4-12-22(21(27)28-2)17-16(18(23-22)15-11-8-13-29-15)19(25)24(20(17)26)14-9-6-5-7-10-14/h5-11,13,16-18,23H,3-4,12H2,1-2H3/p+1/t16-,17-,18-,22+/m0/s1. The van der Waals surface area contributed by atoms with Crippen LogP contribution < -0.4 is 10.2 Å². The zero-order valence-corrected chi connectivity index (χ0v) is 17.4. The molecule has 0 radical (unpaired) electrons. The van der Waals surface area contributed by atoms with E-state index in [0.717, 1.165) is 17.7 Å². The van der Waals surface area contributed by atoms with Crippen LogP contribution in [0.3, 0.4) is 0 Å². The van der Waals surface area contributed by atoms with Crippen LogP contribution in [-0.2, 0) is 19.1 Å². The number of carbonyl (C=O) groups is 3. The number of benzene rings is 1. The molecule has 4 atom stereocenters. The van der Waals surface area contributed by atoms with Crippen LogP contribution >= 0.6 is 11.3 Å². The number of methoxy groups -OCH3 is 1. The number of nitrogens with zero attached hydrogens (tertiary/aromatic N) is 1. The predicted octanol–water partition coefficient (Wildman–Crippen LogP) is 2.27. The summed E-state index contributed by atoms with van der Waals surface area (Å²) >= 11 is 1.55. The molecule has 0 spiro atoms. The molecular formula is C22H25N2O4S+. The second-order valence-electron chi connectivity index (χ2n) is 7.69. The zero-order chi connectivity index (χ0) is 20.6. The number of carbonyl (C=O) groups excluding carboxylic acids is 3. The third-order valence-corrected chi connectivity index (χ3v) is 7.14. The molecule has 0 saturated carbocycles. The third-order valence-electron chi connectivity index (χ3n) is 6.17. The SMILES string of the molecule is CCCC[C@@]1(C(=O)OC)[NH2+][C@@H](c2cccs2)[C@H]2C(=O)N(c3ccccc3)C(=O)[C@H]21. The first-order chi connectivity index (χ1) is 14.0. The van der Waals surface area contributed by atoms with Gasteiger partial charge in [0, 0.05) is 6.42 Å². The number of fused-ring (bicyclic) bond motifs is 1. The lowest BCUT2D eigenvalue weighted by atomic mass is 9.77. The van der Waals surface area contributed by atoms with E-state index >= 15 is 0 Å². The normalized spacial score (nSPS) is 28.6. The van der Waals surface area contributed by atoms with E-state index in [1.165, 1.54) is 12.0 Å². The van der Waals surface area contributed by atoms with E-state index in [1.807, 2.05) is 35.8 Å². The molecule has 2 saturated heterocycles. The molecule has 3 heterocycles. The molecule has 6 nitrogen and oxygen atoms in total. The number of imide groups is 1. The van der Waals surface area contributed by atoms with E-state index < -0.39 is 23.3 Å². The summed E-state index contributed by atoms with van der Waals surface area (Å²) in [6.45, 7) is 2.05. The maximum absolute atomic E-state index is 13.6. The number of ether oxygens (including phenoxy) is 1. The molecule has 2 fully saturated rings. The molecule has 1 aromatic carbocycles. The molecule has 4 rings (SSSR count). The molecule has 29 heavy (non-hydrogen) atoms. The number of hydrogen-bond donors (Lipinski definition) is 1. The Kier molecular flexibility index (Phi) is 5.27. The molecule has 1 aromatic heterocycles. The monoisotopic (exact) mass is 413 g/mol. The van der Waals surface area contributed by atoms with Gasteiger partial charge in [-0.1, -0.05) is 37.6 Å². The minimum absolute atomic E-state index is 0.233. The summed E-state index contributed by atoms with van der Waals surface area (Å²) in [6.07, 6.45) is 2.16. The summed E-state index contributed by atoms with van der Waals surface area (Å²) in [6, 6.07) is 12.6. The fourth-order valence-electron chi connectivity index (χ4n) is 4.89. The van der Waals surface area contributed by atoms with E-state index in [-0.39, 0.29) is 17.9 Å². The topological polar surface area (TPSA) is 80.3 Å². The average Bonchev–Trinajstić information content (AvgIpc) is 3.44. The number of amides is 2. The lowest BCUT2D eigenvalue weighted by molar-refractivity contribution is -0.734. The van der Waals surface area contributed by atoms with Crippen LogP contribution in [0.2, 0.25) is 0 Å². The summed E-state index contributed by atoms with van der Waals surface area (Å²) in [5.41, 5.74) is -0.531. The van der Waals surface area contributed by atoms with Crippen LogP contribution in [0.4, 0.5) is 5.69 Å². The molecule has 2 aromatic rings. The Morgan fingerprint density at radius 1 is 1.17 bits per heavy atom. The maximum atomic E-state index is 13.6. The number of quaternary nitrogens is 1. The number of unbranched alkanes of at least 4 members (excludes halogenated alkanes) is 1. The van der Waals surface area contributed by atoms with Gasteiger partial charge in [0.25, 0.3) is 0 Å². The molecule has 0 unspecified atom stereocenters. The molecule has 0 bridgehead atoms. The Hall–Kier alpha value is -2.51. The lowest BCUT2D eigenvalue weighted by Gasteiger charge is -2.29. The molecule has 2 aliphatic rings. The first-order valence-electron chi connectivity index (χ1n) is 9.96. The van der Waals surface area contributed by atoms with Gasteiger partial charge >= 0.3 is 5.97 Å². The van der Waals surface area contributed by atoms with Crippen LogP contribution in [-0.4, -0.2) is 30.4 Å². The summed E-state index contributed by atoms with van der Waals surface area (Å²) < 4.78 is 5.18. The first kappa shape index (κ1) is 19.8. The number of hydrogen-bond acceptors (Lipinski definition) is 5. The van der Waals surface area contributed by atoms with Crippen LogP contribution in [0.15, 0.2) is 47.8 Å². The summed E-state index contributed by atoms with van der Waals surface area (Å²) in [7, 11) is 1.35. The first-order valence-corrected chi connectivity index (χ1v) is 10.8. The molecular weight excluding hydrogens is 388 g/mol. The van der Waals surface area contributed by atoms with Gasteiger partial charge in [-0.3, -0.25) is 9.59 Å². The fraction of sp³-hybridized carbons (Fsp3) is 0.409. The van der Waals surface area contributed by atoms with Crippen molar-refractivity contribution in [2.24, 2.45) is 11.8 Å². The molecule has 0 aliphatic carbocycles. The summed E-state index contributed by atoms with van der Waals surface area (Å²) in [5.74, 6) is -2.28. The van der Waals surface area contributed by atoms with Crippen molar-refractivity contribution in [2.75, 3.05) is 12.0 Å². The van der Waals surface area contributed by atoms with Crippen molar-refractivity contribution < 1.29 is 24.4 Å². The molecule has 2 amide bonds. The number of thiophene rings is 1. The van der Waals surface area contributed by atoms with Gasteiger partial charge in [-0.15, -0.1) is 11.3 Å². The highest BCUT2D eigenvalue weighted by Crippen LogP contribution is 2.48. The second-order valence-corrected chi connectivity index (χ2v) is 8.67. The Morgan fingerprint density at radius 2 is 1.93 bits per heavy atom. The summed E-state index contributed by atoms with van der Waals surface area (Å²) in [5, 5.41) is 3.90. The van der Waals surface area contributed by atoms with E-state index in [1.54, 1.807) is 35.6 Å². The van der Waals surface area contributed by atoms with Gasteiger partial charge in [-0.2, -0.15) is 0 Å². The molecule has 2 N–H and O–H groups in total. The van der Waals surface area contributed by atoms with Gasteiger partial charge in [0.15, 0.2) is 0 Å². The van der Waals surface area contributed by atoms with Gasteiger partial charge in [0.1, 0.15) is 17.9 Å². The van der Waals surface area contributed by atoms with Crippen molar-refractivity contribution in [3.63, 3.8) is 0 Å². The maximum Gasteiger partial charge on any atom is 0.368 e. The van der Waals surface area contributed by atoms with Crippen molar-refractivity contribution in [3.8, 4) is 0 Å². The van der Waals surface area contributed by atoms with E-state index in [0.29, 0.717) is 12.1 Å². The number of rotatable bonds is 6. The Labute approximate surface area is 173 Å².